The molecule has 3 aromatic rings. The Morgan fingerprint density at radius 3 is 2.57 bits per heavy atom. The molecule has 0 radical (unpaired) electrons. The van der Waals surface area contributed by atoms with Gasteiger partial charge in [0, 0.05) is 15.8 Å². The van der Waals surface area contributed by atoms with Gasteiger partial charge in [-0.05, 0) is 47.4 Å². The fraction of sp³-hybridized carbons (Fsp3) is 0.190. The molecule has 1 aliphatic carbocycles. The van der Waals surface area contributed by atoms with Crippen molar-refractivity contribution in [3.05, 3.63) is 76.8 Å². The van der Waals surface area contributed by atoms with Crippen LogP contribution in [0.2, 0.25) is 5.02 Å². The van der Waals surface area contributed by atoms with E-state index < -0.39 is 27.4 Å². The normalized spacial score (nSPS) is 20.8. The lowest BCUT2D eigenvalue weighted by atomic mass is 10.0. The molecule has 3 N–H and O–H groups in total. The molecule has 0 saturated heterocycles. The van der Waals surface area contributed by atoms with Crippen molar-refractivity contribution in [3.8, 4) is 10.4 Å². The van der Waals surface area contributed by atoms with Crippen molar-refractivity contribution in [1.82, 2.24) is 4.72 Å². The van der Waals surface area contributed by atoms with E-state index in [1.807, 2.05) is 0 Å². The molecule has 1 heterocycles. The maximum absolute atomic E-state index is 13.0. The Bertz CT molecular complexity index is 1210. The molecule has 30 heavy (non-hydrogen) atoms. The van der Waals surface area contributed by atoms with E-state index in [-0.39, 0.29) is 17.2 Å². The Hall–Kier alpha value is -2.23. The van der Waals surface area contributed by atoms with Crippen molar-refractivity contribution in [2.45, 2.75) is 28.7 Å². The van der Waals surface area contributed by atoms with E-state index in [1.165, 1.54) is 6.07 Å². The smallest absolute Gasteiger partial charge is 0.325 e. The summed E-state index contributed by atoms with van der Waals surface area (Å²) in [6.07, 6.45) is 0.145. The summed E-state index contributed by atoms with van der Waals surface area (Å²) in [5.74, 6) is -1.73. The second-order valence-corrected chi connectivity index (χ2v) is 10.6. The highest BCUT2D eigenvalue weighted by molar-refractivity contribution is 7.91. The summed E-state index contributed by atoms with van der Waals surface area (Å²) in [5, 5.41) is 19.7. The molecule has 0 spiro atoms. The zero-order valence-corrected chi connectivity index (χ0v) is 18.0. The Morgan fingerprint density at radius 2 is 1.90 bits per heavy atom. The van der Waals surface area contributed by atoms with Crippen LogP contribution in [0.25, 0.3) is 10.4 Å². The number of carboxylic acid groups (broad SMARTS) is 1. The van der Waals surface area contributed by atoms with Crippen molar-refractivity contribution < 1.29 is 23.4 Å². The van der Waals surface area contributed by atoms with Crippen LogP contribution in [0.3, 0.4) is 0 Å². The van der Waals surface area contributed by atoms with Crippen LogP contribution in [-0.2, 0) is 21.4 Å². The quantitative estimate of drug-likeness (QED) is 0.493. The van der Waals surface area contributed by atoms with Crippen LogP contribution in [0.5, 0.6) is 0 Å². The zero-order chi connectivity index (χ0) is 21.5. The molecule has 0 bridgehead atoms. The van der Waals surface area contributed by atoms with E-state index in [9.17, 15) is 23.4 Å². The van der Waals surface area contributed by atoms with Gasteiger partial charge in [0.1, 0.15) is 9.75 Å². The molecule has 1 saturated carbocycles. The van der Waals surface area contributed by atoms with Gasteiger partial charge in [-0.1, -0.05) is 48.0 Å². The molecule has 0 amide bonds. The number of hydrogen-bond donors (Lipinski definition) is 3. The zero-order valence-electron chi connectivity index (χ0n) is 15.6. The van der Waals surface area contributed by atoms with Gasteiger partial charge in [-0.25, -0.2) is 8.42 Å². The van der Waals surface area contributed by atoms with Crippen LogP contribution >= 0.6 is 22.9 Å². The minimum atomic E-state index is -4.04. The summed E-state index contributed by atoms with van der Waals surface area (Å²) in [4.78, 5) is 12.7. The molecule has 156 valence electrons. The number of aliphatic hydroxyl groups excluding tert-OH is 1. The number of carbonyl (C=O) groups is 1. The first-order valence-electron chi connectivity index (χ1n) is 9.08. The minimum Gasteiger partial charge on any atom is -0.480 e. The van der Waals surface area contributed by atoms with Gasteiger partial charge in [-0.15, -0.1) is 11.3 Å². The van der Waals surface area contributed by atoms with Gasteiger partial charge in [0.25, 0.3) is 10.0 Å². The predicted octanol–water partition coefficient (Wildman–Crippen LogP) is 3.85. The minimum absolute atomic E-state index is 0.0443. The molecule has 6 nitrogen and oxygen atoms in total. The summed E-state index contributed by atoms with van der Waals surface area (Å²) in [6, 6.07) is 17.1. The van der Waals surface area contributed by atoms with Crippen LogP contribution in [0.1, 0.15) is 23.5 Å². The molecule has 0 aliphatic heterocycles. The molecular formula is C21H18ClNO5S2. The van der Waals surface area contributed by atoms with Crippen molar-refractivity contribution in [2.75, 3.05) is 0 Å². The predicted molar refractivity (Wildman–Crippen MR) is 115 cm³/mol. The molecule has 1 aromatic heterocycles. The van der Waals surface area contributed by atoms with Crippen LogP contribution in [0.15, 0.2) is 64.9 Å². The van der Waals surface area contributed by atoms with Gasteiger partial charge in [-0.2, -0.15) is 4.72 Å². The first-order valence-corrected chi connectivity index (χ1v) is 11.8. The van der Waals surface area contributed by atoms with Crippen molar-refractivity contribution in [3.63, 3.8) is 0 Å². The Kier molecular flexibility index (Phi) is 5.46. The Morgan fingerprint density at radius 1 is 1.17 bits per heavy atom. The van der Waals surface area contributed by atoms with Crippen LogP contribution in [0.4, 0.5) is 0 Å². The topological polar surface area (TPSA) is 104 Å². The number of benzene rings is 2. The summed E-state index contributed by atoms with van der Waals surface area (Å²) in [6.45, 7) is -0.172. The maximum atomic E-state index is 13.0. The largest absolute Gasteiger partial charge is 0.480 e. The average Bonchev–Trinajstić information content (AvgIpc) is 3.22. The second kappa shape index (κ2) is 7.79. The van der Waals surface area contributed by atoms with Gasteiger partial charge in [0.15, 0.2) is 0 Å². The van der Waals surface area contributed by atoms with Crippen molar-refractivity contribution >= 4 is 38.9 Å². The number of aliphatic carboxylic acids is 1. The highest BCUT2D eigenvalue weighted by Crippen LogP contribution is 2.52. The Labute approximate surface area is 182 Å². The molecule has 4 rings (SSSR count). The number of aliphatic hydroxyl groups is 1. The molecule has 1 aliphatic rings. The molecule has 1 fully saturated rings. The summed E-state index contributed by atoms with van der Waals surface area (Å²) >= 11 is 6.96. The highest BCUT2D eigenvalue weighted by Gasteiger charge is 2.63. The number of nitrogens with one attached hydrogen (secondary N) is 1. The van der Waals surface area contributed by atoms with E-state index >= 15 is 0 Å². The number of sulfonamides is 1. The van der Waals surface area contributed by atoms with Crippen LogP contribution in [-0.4, -0.2) is 30.1 Å². The number of hydrogen-bond acceptors (Lipinski definition) is 5. The van der Waals surface area contributed by atoms with Crippen molar-refractivity contribution in [1.29, 1.82) is 0 Å². The third-order valence-electron chi connectivity index (χ3n) is 5.17. The third-order valence-corrected chi connectivity index (χ3v) is 8.56. The third kappa shape index (κ3) is 3.89. The standard InChI is InChI=1S/C21H18ClNO5S2/c22-16-6-4-14(5-7-16)18-8-9-19(29-18)30(27,28)23-21(20(25)26)11-17(21)15-3-1-2-13(10-15)12-24/h1-10,17,23-24H,11-12H2,(H,25,26)/t17-,21+/m0/s1. The van der Waals surface area contributed by atoms with E-state index in [0.29, 0.717) is 16.1 Å². The van der Waals surface area contributed by atoms with Gasteiger partial charge in [-0.3, -0.25) is 4.79 Å². The van der Waals surface area contributed by atoms with Crippen molar-refractivity contribution in [2.24, 2.45) is 0 Å². The van der Waals surface area contributed by atoms with E-state index in [2.05, 4.69) is 4.72 Å². The van der Waals surface area contributed by atoms with Crippen LogP contribution in [0, 0.1) is 0 Å². The number of carboxylic acids is 1. The molecule has 2 aromatic carbocycles. The van der Waals surface area contributed by atoms with E-state index in [1.54, 1.807) is 54.6 Å². The Balaban J connectivity index is 1.60. The van der Waals surface area contributed by atoms with Crippen LogP contribution < -0.4 is 4.72 Å². The summed E-state index contributed by atoms with van der Waals surface area (Å²) < 4.78 is 28.4. The molecular weight excluding hydrogens is 446 g/mol. The number of rotatable bonds is 7. The van der Waals surface area contributed by atoms with E-state index in [0.717, 1.165) is 21.8 Å². The lowest BCUT2D eigenvalue weighted by molar-refractivity contribution is -0.140. The second-order valence-electron chi connectivity index (χ2n) is 7.17. The lowest BCUT2D eigenvalue weighted by Gasteiger charge is -2.15. The van der Waals surface area contributed by atoms with E-state index in [4.69, 9.17) is 11.6 Å². The first kappa shape index (κ1) is 21.0. The van der Waals surface area contributed by atoms with Gasteiger partial charge in [0.05, 0.1) is 6.61 Å². The summed E-state index contributed by atoms with van der Waals surface area (Å²) in [5.41, 5.74) is 0.549. The average molecular weight is 464 g/mol. The highest BCUT2D eigenvalue weighted by atomic mass is 35.5. The monoisotopic (exact) mass is 463 g/mol. The fourth-order valence-electron chi connectivity index (χ4n) is 3.49. The first-order chi connectivity index (χ1) is 14.2. The number of halogens is 1. The SMILES string of the molecule is O=C(O)[C@@]1(NS(=O)(=O)c2ccc(-c3ccc(Cl)cc3)s2)C[C@H]1c1cccc(CO)c1. The van der Waals surface area contributed by atoms with Gasteiger partial charge in [0.2, 0.25) is 0 Å². The molecule has 0 unspecified atom stereocenters. The lowest BCUT2D eigenvalue weighted by Crippen LogP contribution is -2.44. The number of thiophene rings is 1. The summed E-state index contributed by atoms with van der Waals surface area (Å²) in [7, 11) is -4.04. The maximum Gasteiger partial charge on any atom is 0.325 e. The fourth-order valence-corrected chi connectivity index (χ4v) is 6.33. The van der Waals surface area contributed by atoms with Gasteiger partial charge >= 0.3 is 5.97 Å². The molecule has 2 atom stereocenters. The van der Waals surface area contributed by atoms with Gasteiger partial charge < -0.3 is 10.2 Å². The molecule has 9 heteroatoms.